The first kappa shape index (κ1) is 20.2. The third kappa shape index (κ3) is 3.45. The van der Waals surface area contributed by atoms with Crippen molar-refractivity contribution in [2.24, 2.45) is 5.41 Å². The van der Waals surface area contributed by atoms with Crippen LogP contribution < -0.4 is 9.47 Å². The van der Waals surface area contributed by atoms with E-state index >= 15 is 0 Å². The first-order chi connectivity index (χ1) is 12.9. The minimum absolute atomic E-state index is 0.000191. The van der Waals surface area contributed by atoms with Crippen LogP contribution in [0.15, 0.2) is 18.2 Å². The molecule has 0 aromatic heterocycles. The van der Waals surface area contributed by atoms with E-state index in [1.807, 2.05) is 6.07 Å². The Hall–Kier alpha value is -3.08. The molecular weight excluding hydrogens is 350 g/mol. The van der Waals surface area contributed by atoms with Crippen LogP contribution in [-0.2, 0) is 9.59 Å². The summed E-state index contributed by atoms with van der Waals surface area (Å²) in [6.45, 7) is 3.56. The van der Waals surface area contributed by atoms with Crippen molar-refractivity contribution >= 4 is 17.8 Å². The number of urea groups is 1. The maximum absolute atomic E-state index is 12.9. The van der Waals surface area contributed by atoms with Crippen molar-refractivity contribution in [1.29, 1.82) is 5.26 Å². The number of amides is 4. The SMILES string of the molecule is CCC1(CC)C(=O)N(C)C(=O)N(CCOc2ccc(C#N)cc2OC)C1=O. The number of nitriles is 1. The van der Waals surface area contributed by atoms with E-state index in [0.717, 1.165) is 9.80 Å². The summed E-state index contributed by atoms with van der Waals surface area (Å²) >= 11 is 0. The van der Waals surface area contributed by atoms with Gasteiger partial charge in [0.1, 0.15) is 12.0 Å². The minimum Gasteiger partial charge on any atom is -0.493 e. The van der Waals surface area contributed by atoms with E-state index in [1.165, 1.54) is 20.2 Å². The molecule has 0 unspecified atom stereocenters. The molecule has 1 saturated heterocycles. The van der Waals surface area contributed by atoms with E-state index in [2.05, 4.69) is 0 Å². The summed E-state index contributed by atoms with van der Waals surface area (Å²) in [5.41, 5.74) is -0.786. The van der Waals surface area contributed by atoms with Crippen LogP contribution in [0.2, 0.25) is 0 Å². The van der Waals surface area contributed by atoms with Crippen LogP contribution in [0.5, 0.6) is 11.5 Å². The largest absolute Gasteiger partial charge is 0.493 e. The van der Waals surface area contributed by atoms with Crippen molar-refractivity contribution in [3.63, 3.8) is 0 Å². The van der Waals surface area contributed by atoms with Gasteiger partial charge in [-0.05, 0) is 25.0 Å². The number of barbiturate groups is 1. The number of hydrogen-bond acceptors (Lipinski definition) is 6. The quantitative estimate of drug-likeness (QED) is 0.679. The van der Waals surface area contributed by atoms with E-state index in [0.29, 0.717) is 29.9 Å². The highest BCUT2D eigenvalue weighted by Crippen LogP contribution is 2.35. The highest BCUT2D eigenvalue weighted by atomic mass is 16.5. The van der Waals surface area contributed by atoms with Crippen molar-refractivity contribution in [3.05, 3.63) is 23.8 Å². The fourth-order valence-electron chi connectivity index (χ4n) is 3.18. The zero-order valence-electron chi connectivity index (χ0n) is 15.9. The molecule has 2 rings (SSSR count). The Kier molecular flexibility index (Phi) is 6.05. The third-order valence-electron chi connectivity index (χ3n) is 4.96. The number of hydrogen-bond donors (Lipinski definition) is 0. The van der Waals surface area contributed by atoms with Gasteiger partial charge in [0.15, 0.2) is 11.5 Å². The first-order valence-electron chi connectivity index (χ1n) is 8.71. The molecule has 4 amide bonds. The Bertz CT molecular complexity index is 795. The first-order valence-corrected chi connectivity index (χ1v) is 8.71. The van der Waals surface area contributed by atoms with Crippen LogP contribution in [0.3, 0.4) is 0 Å². The monoisotopic (exact) mass is 373 g/mol. The van der Waals surface area contributed by atoms with Gasteiger partial charge in [0.2, 0.25) is 11.8 Å². The van der Waals surface area contributed by atoms with Crippen LogP contribution >= 0.6 is 0 Å². The number of carbonyl (C=O) groups excluding carboxylic acids is 3. The molecule has 0 atom stereocenters. The molecule has 1 aromatic rings. The summed E-state index contributed by atoms with van der Waals surface area (Å²) in [6.07, 6.45) is 0.638. The highest BCUT2D eigenvalue weighted by molar-refractivity contribution is 6.18. The Morgan fingerprint density at radius 2 is 1.78 bits per heavy atom. The maximum Gasteiger partial charge on any atom is 0.333 e. The topological polar surface area (TPSA) is 99.9 Å². The van der Waals surface area contributed by atoms with Gasteiger partial charge in [-0.1, -0.05) is 13.8 Å². The van der Waals surface area contributed by atoms with Gasteiger partial charge >= 0.3 is 6.03 Å². The van der Waals surface area contributed by atoms with Crippen LogP contribution in [0.1, 0.15) is 32.3 Å². The number of benzene rings is 1. The molecule has 0 bridgehead atoms. The third-order valence-corrected chi connectivity index (χ3v) is 4.96. The predicted molar refractivity (Wildman–Crippen MR) is 96.1 cm³/mol. The molecule has 8 nitrogen and oxygen atoms in total. The normalized spacial score (nSPS) is 16.3. The summed E-state index contributed by atoms with van der Waals surface area (Å²) in [4.78, 5) is 39.8. The summed E-state index contributed by atoms with van der Waals surface area (Å²) in [5, 5.41) is 8.93. The molecule has 0 saturated carbocycles. The predicted octanol–water partition coefficient (Wildman–Crippen LogP) is 2.17. The molecule has 27 heavy (non-hydrogen) atoms. The van der Waals surface area contributed by atoms with E-state index in [-0.39, 0.29) is 13.2 Å². The van der Waals surface area contributed by atoms with Gasteiger partial charge in [0.25, 0.3) is 0 Å². The molecular formula is C19H23N3O5. The van der Waals surface area contributed by atoms with Gasteiger partial charge < -0.3 is 9.47 Å². The molecule has 144 valence electrons. The van der Waals surface area contributed by atoms with Crippen molar-refractivity contribution in [2.45, 2.75) is 26.7 Å². The number of imide groups is 2. The standard InChI is InChI=1S/C19H23N3O5/c1-5-19(6-2)16(23)21(3)18(25)22(17(19)24)9-10-27-14-8-7-13(12-20)11-15(14)26-4/h7-8,11H,5-6,9-10H2,1-4H3. The molecule has 0 spiro atoms. The van der Waals surface area contributed by atoms with Crippen LogP contribution in [0.4, 0.5) is 4.79 Å². The molecule has 0 aliphatic carbocycles. The average molecular weight is 373 g/mol. The zero-order chi connectivity index (χ0) is 20.2. The maximum atomic E-state index is 12.9. The van der Waals surface area contributed by atoms with Crippen LogP contribution in [0, 0.1) is 16.7 Å². The molecule has 1 heterocycles. The van der Waals surface area contributed by atoms with E-state index < -0.39 is 23.3 Å². The lowest BCUT2D eigenvalue weighted by Crippen LogP contribution is -2.64. The van der Waals surface area contributed by atoms with Gasteiger partial charge in [-0.2, -0.15) is 5.26 Å². The van der Waals surface area contributed by atoms with Gasteiger partial charge in [0, 0.05) is 13.1 Å². The van der Waals surface area contributed by atoms with Crippen molar-refractivity contribution in [3.8, 4) is 17.6 Å². The molecule has 1 aliphatic rings. The zero-order valence-corrected chi connectivity index (χ0v) is 15.9. The smallest absolute Gasteiger partial charge is 0.333 e. The lowest BCUT2D eigenvalue weighted by Gasteiger charge is -2.42. The molecule has 1 aliphatic heterocycles. The van der Waals surface area contributed by atoms with E-state index in [1.54, 1.807) is 26.0 Å². The molecule has 0 radical (unpaired) electrons. The van der Waals surface area contributed by atoms with Gasteiger partial charge in [0.05, 0.1) is 25.3 Å². The van der Waals surface area contributed by atoms with Gasteiger partial charge in [-0.25, -0.2) is 4.79 Å². The van der Waals surface area contributed by atoms with Crippen LogP contribution in [0.25, 0.3) is 0 Å². The lowest BCUT2D eigenvalue weighted by molar-refractivity contribution is -0.158. The Morgan fingerprint density at radius 1 is 1.11 bits per heavy atom. The molecule has 0 N–H and O–H groups in total. The number of nitrogens with zero attached hydrogens (tertiary/aromatic N) is 3. The van der Waals surface area contributed by atoms with E-state index in [4.69, 9.17) is 14.7 Å². The fraction of sp³-hybridized carbons (Fsp3) is 0.474. The number of carbonyl (C=O) groups is 3. The number of ether oxygens (including phenoxy) is 2. The second kappa shape index (κ2) is 8.08. The number of methoxy groups -OCH3 is 1. The second-order valence-electron chi connectivity index (χ2n) is 6.22. The molecule has 8 heteroatoms. The minimum atomic E-state index is -1.21. The summed E-state index contributed by atoms with van der Waals surface area (Å²) in [7, 11) is 2.84. The number of rotatable bonds is 7. The summed E-state index contributed by atoms with van der Waals surface area (Å²) < 4.78 is 10.8. The molecule has 1 fully saturated rings. The van der Waals surface area contributed by atoms with Crippen molar-refractivity contribution in [2.75, 3.05) is 27.3 Å². The Labute approximate surface area is 158 Å². The summed E-state index contributed by atoms with van der Waals surface area (Å²) in [5.74, 6) is -0.173. The van der Waals surface area contributed by atoms with Crippen LogP contribution in [-0.4, -0.2) is 55.0 Å². The van der Waals surface area contributed by atoms with Gasteiger partial charge in [-0.15, -0.1) is 0 Å². The second-order valence-corrected chi connectivity index (χ2v) is 6.22. The highest BCUT2D eigenvalue weighted by Gasteiger charge is 2.53. The van der Waals surface area contributed by atoms with Crippen molar-refractivity contribution in [1.82, 2.24) is 9.80 Å². The molecule has 1 aromatic carbocycles. The van der Waals surface area contributed by atoms with Gasteiger partial charge in [-0.3, -0.25) is 19.4 Å². The van der Waals surface area contributed by atoms with Crippen molar-refractivity contribution < 1.29 is 23.9 Å². The fourth-order valence-corrected chi connectivity index (χ4v) is 3.18. The van der Waals surface area contributed by atoms with E-state index in [9.17, 15) is 14.4 Å². The Morgan fingerprint density at radius 3 is 2.33 bits per heavy atom. The summed E-state index contributed by atoms with van der Waals surface area (Å²) in [6, 6.07) is 6.07. The lowest BCUT2D eigenvalue weighted by atomic mass is 9.78. The average Bonchev–Trinajstić information content (AvgIpc) is 2.70. The Balaban J connectivity index is 2.15.